The molecule has 0 aliphatic heterocycles. The molecule has 4 rings (SSSR count). The smallest absolute Gasteiger partial charge is 0.224 e. The Balaban J connectivity index is 1.89. The molecule has 0 aliphatic carbocycles. The summed E-state index contributed by atoms with van der Waals surface area (Å²) in [6.07, 6.45) is 0. The van der Waals surface area contributed by atoms with E-state index in [0.29, 0.717) is 11.3 Å². The number of hydrogen-bond donors (Lipinski definition) is 0. The molecule has 4 heteroatoms. The summed E-state index contributed by atoms with van der Waals surface area (Å²) >= 11 is 1.20. The minimum atomic E-state index is -0.299. The van der Waals surface area contributed by atoms with Gasteiger partial charge in [-0.3, -0.25) is 4.79 Å². The summed E-state index contributed by atoms with van der Waals surface area (Å²) in [5.41, 5.74) is 4.95. The third kappa shape index (κ3) is 3.69. The number of rotatable bonds is 3. The topological polar surface area (TPSA) is 30.0 Å². The lowest BCUT2D eigenvalue weighted by molar-refractivity contribution is 0.109. The van der Waals surface area contributed by atoms with Crippen LogP contribution in [0.25, 0.3) is 22.2 Å². The van der Waals surface area contributed by atoms with Crippen molar-refractivity contribution in [2.75, 3.05) is 0 Å². The standard InChI is InChI=1S/C24H18FNOS/c1-15-12-16(2)23-20(13-15)21(24(27)28-19-6-4-3-5-7-19)14-22(26-23)17-8-10-18(25)11-9-17/h3-14H,1-2H3. The van der Waals surface area contributed by atoms with Crippen molar-refractivity contribution in [3.63, 3.8) is 0 Å². The lowest BCUT2D eigenvalue weighted by Crippen LogP contribution is -2.00. The molecule has 0 saturated heterocycles. The number of carbonyl (C=O) groups excluding carboxylic acids is 1. The predicted molar refractivity (Wildman–Crippen MR) is 113 cm³/mol. The van der Waals surface area contributed by atoms with E-state index in [9.17, 15) is 9.18 Å². The van der Waals surface area contributed by atoms with Crippen molar-refractivity contribution in [1.29, 1.82) is 0 Å². The Hall–Kier alpha value is -2.98. The van der Waals surface area contributed by atoms with E-state index in [1.54, 1.807) is 12.1 Å². The van der Waals surface area contributed by atoms with Crippen molar-refractivity contribution in [2.45, 2.75) is 18.7 Å². The Morgan fingerprint density at radius 3 is 2.36 bits per heavy atom. The van der Waals surface area contributed by atoms with Crippen LogP contribution in [-0.4, -0.2) is 10.1 Å². The van der Waals surface area contributed by atoms with Crippen molar-refractivity contribution < 1.29 is 9.18 Å². The lowest BCUT2D eigenvalue weighted by Gasteiger charge is -2.12. The molecule has 1 heterocycles. The molecule has 1 aromatic heterocycles. The Morgan fingerprint density at radius 1 is 0.929 bits per heavy atom. The van der Waals surface area contributed by atoms with E-state index < -0.39 is 0 Å². The summed E-state index contributed by atoms with van der Waals surface area (Å²) in [7, 11) is 0. The van der Waals surface area contributed by atoms with Gasteiger partial charge in [-0.05, 0) is 79.7 Å². The average Bonchev–Trinajstić information content (AvgIpc) is 2.68. The van der Waals surface area contributed by atoms with Gasteiger partial charge in [0.25, 0.3) is 0 Å². The summed E-state index contributed by atoms with van der Waals surface area (Å²) in [5, 5.41) is 0.809. The molecule has 3 aromatic carbocycles. The Bertz CT molecular complexity index is 1170. The van der Waals surface area contributed by atoms with Gasteiger partial charge >= 0.3 is 0 Å². The Kier molecular flexibility index (Phi) is 4.97. The zero-order valence-corrected chi connectivity index (χ0v) is 16.4. The second-order valence-corrected chi connectivity index (χ2v) is 7.79. The molecule has 0 unspecified atom stereocenters. The average molecular weight is 387 g/mol. The molecule has 0 saturated carbocycles. The van der Waals surface area contributed by atoms with Gasteiger partial charge in [-0.2, -0.15) is 0 Å². The third-order valence-corrected chi connectivity index (χ3v) is 5.48. The van der Waals surface area contributed by atoms with Crippen LogP contribution in [-0.2, 0) is 0 Å². The maximum atomic E-state index is 13.3. The quantitative estimate of drug-likeness (QED) is 0.371. The SMILES string of the molecule is Cc1cc(C)c2nc(-c3ccc(F)cc3)cc(C(=O)Sc3ccccc3)c2c1. The van der Waals surface area contributed by atoms with Gasteiger partial charge in [0, 0.05) is 21.4 Å². The summed E-state index contributed by atoms with van der Waals surface area (Å²) in [6.45, 7) is 4.01. The number of pyridine rings is 1. The van der Waals surface area contributed by atoms with E-state index in [1.807, 2.05) is 56.3 Å². The molecule has 0 bridgehead atoms. The summed E-state index contributed by atoms with van der Waals surface area (Å²) in [5.74, 6) is -0.299. The van der Waals surface area contributed by atoms with E-state index in [4.69, 9.17) is 4.98 Å². The van der Waals surface area contributed by atoms with Crippen LogP contribution in [0.5, 0.6) is 0 Å². The van der Waals surface area contributed by atoms with Crippen LogP contribution in [0.2, 0.25) is 0 Å². The number of halogens is 1. The fourth-order valence-electron chi connectivity index (χ4n) is 3.27. The third-order valence-electron chi connectivity index (χ3n) is 4.56. The highest BCUT2D eigenvalue weighted by atomic mass is 32.2. The van der Waals surface area contributed by atoms with E-state index in [2.05, 4.69) is 6.07 Å². The molecule has 138 valence electrons. The number of carbonyl (C=O) groups is 1. The van der Waals surface area contributed by atoms with Crippen LogP contribution >= 0.6 is 11.8 Å². The first-order valence-electron chi connectivity index (χ1n) is 8.96. The number of nitrogens with zero attached hydrogens (tertiary/aromatic N) is 1. The first-order valence-corrected chi connectivity index (χ1v) is 9.78. The predicted octanol–water partition coefficient (Wildman–Crippen LogP) is 6.59. The molecule has 0 amide bonds. The van der Waals surface area contributed by atoms with Crippen LogP contribution in [0, 0.1) is 19.7 Å². The van der Waals surface area contributed by atoms with Crippen LogP contribution in [0.4, 0.5) is 4.39 Å². The Labute approximate surface area is 167 Å². The van der Waals surface area contributed by atoms with E-state index in [1.165, 1.54) is 23.9 Å². The van der Waals surface area contributed by atoms with Crippen molar-refractivity contribution in [2.24, 2.45) is 0 Å². The van der Waals surface area contributed by atoms with E-state index in [0.717, 1.165) is 32.5 Å². The molecule has 0 fully saturated rings. The van der Waals surface area contributed by atoms with Gasteiger partial charge < -0.3 is 0 Å². The summed E-state index contributed by atoms with van der Waals surface area (Å²) in [6, 6.07) is 21.7. The molecular formula is C24H18FNOS. The van der Waals surface area contributed by atoms with Gasteiger partial charge in [0.1, 0.15) is 5.82 Å². The monoisotopic (exact) mass is 387 g/mol. The van der Waals surface area contributed by atoms with Crippen molar-refractivity contribution >= 4 is 27.8 Å². The van der Waals surface area contributed by atoms with Gasteiger partial charge in [0.15, 0.2) is 0 Å². The van der Waals surface area contributed by atoms with Crippen molar-refractivity contribution in [1.82, 2.24) is 4.98 Å². The highest BCUT2D eigenvalue weighted by molar-refractivity contribution is 8.14. The van der Waals surface area contributed by atoms with Gasteiger partial charge in [-0.25, -0.2) is 9.37 Å². The zero-order chi connectivity index (χ0) is 19.7. The highest BCUT2D eigenvalue weighted by Gasteiger charge is 2.17. The molecule has 0 aliphatic rings. The highest BCUT2D eigenvalue weighted by Crippen LogP contribution is 2.32. The fourth-order valence-corrected chi connectivity index (χ4v) is 4.05. The second-order valence-electron chi connectivity index (χ2n) is 6.74. The number of aromatic nitrogens is 1. The minimum Gasteiger partial charge on any atom is -0.281 e. The molecule has 28 heavy (non-hydrogen) atoms. The molecule has 0 spiro atoms. The zero-order valence-electron chi connectivity index (χ0n) is 15.6. The van der Waals surface area contributed by atoms with Gasteiger partial charge in [-0.15, -0.1) is 0 Å². The van der Waals surface area contributed by atoms with Gasteiger partial charge in [0.2, 0.25) is 5.12 Å². The van der Waals surface area contributed by atoms with E-state index in [-0.39, 0.29) is 10.9 Å². The maximum Gasteiger partial charge on any atom is 0.224 e. The summed E-state index contributed by atoms with van der Waals surface area (Å²) in [4.78, 5) is 18.8. The number of aryl methyl sites for hydroxylation is 2. The lowest BCUT2D eigenvalue weighted by atomic mass is 10.0. The summed E-state index contributed by atoms with van der Waals surface area (Å²) < 4.78 is 13.3. The molecule has 0 radical (unpaired) electrons. The number of thioether (sulfide) groups is 1. The van der Waals surface area contributed by atoms with Crippen molar-refractivity contribution in [3.05, 3.63) is 95.3 Å². The molecule has 0 atom stereocenters. The molecule has 4 aromatic rings. The molecular weight excluding hydrogens is 369 g/mol. The van der Waals surface area contributed by atoms with Crippen LogP contribution in [0.1, 0.15) is 21.5 Å². The van der Waals surface area contributed by atoms with Crippen LogP contribution in [0.3, 0.4) is 0 Å². The first kappa shape index (κ1) is 18.4. The normalized spacial score (nSPS) is 11.0. The number of hydrogen-bond acceptors (Lipinski definition) is 3. The number of fused-ring (bicyclic) bond motifs is 1. The van der Waals surface area contributed by atoms with Crippen LogP contribution < -0.4 is 0 Å². The van der Waals surface area contributed by atoms with Gasteiger partial charge in [0.05, 0.1) is 11.2 Å². The number of benzene rings is 3. The molecule has 0 N–H and O–H groups in total. The van der Waals surface area contributed by atoms with Crippen molar-refractivity contribution in [3.8, 4) is 11.3 Å². The second kappa shape index (κ2) is 7.56. The minimum absolute atomic E-state index is 0.0352. The van der Waals surface area contributed by atoms with Crippen LogP contribution in [0.15, 0.2) is 77.7 Å². The first-order chi connectivity index (χ1) is 13.5. The molecule has 2 nitrogen and oxygen atoms in total. The van der Waals surface area contributed by atoms with Gasteiger partial charge in [-0.1, -0.05) is 29.8 Å². The van der Waals surface area contributed by atoms with E-state index >= 15 is 0 Å². The maximum absolute atomic E-state index is 13.3. The Morgan fingerprint density at radius 2 is 1.64 bits per heavy atom. The fraction of sp³-hybridized carbons (Fsp3) is 0.0833. The largest absolute Gasteiger partial charge is 0.281 e.